The number of phenolic OH excluding ortho intramolecular Hbond substituents is 1. The summed E-state index contributed by atoms with van der Waals surface area (Å²) in [5.41, 5.74) is 6.92. The van der Waals surface area contributed by atoms with Crippen molar-refractivity contribution in [3.8, 4) is 5.75 Å². The summed E-state index contributed by atoms with van der Waals surface area (Å²) >= 11 is 0. The molecule has 0 aromatic heterocycles. The molecule has 0 unspecified atom stereocenters. The molecular weight excluding hydrogens is 562 g/mol. The van der Waals surface area contributed by atoms with Gasteiger partial charge in [0.25, 0.3) is 0 Å². The molecule has 1 aromatic rings. The van der Waals surface area contributed by atoms with E-state index >= 15 is 0 Å². The number of nitrogens with zero attached hydrogens (tertiary/aromatic N) is 2. The molecule has 0 saturated carbocycles. The molecule has 0 bridgehead atoms. The fourth-order valence-corrected chi connectivity index (χ4v) is 5.55. The Bertz CT molecular complexity index is 1210. The average Bonchev–Trinajstić information content (AvgIpc) is 3.64. The molecule has 2 saturated heterocycles. The molecule has 2 heterocycles. The van der Waals surface area contributed by atoms with Gasteiger partial charge in [0, 0.05) is 19.5 Å². The van der Waals surface area contributed by atoms with Gasteiger partial charge in [0.1, 0.15) is 29.9 Å². The van der Waals surface area contributed by atoms with E-state index in [2.05, 4.69) is 10.6 Å². The van der Waals surface area contributed by atoms with E-state index < -0.39 is 78.1 Å². The standard InChI is InChI=1S/C29H41N5O9/c1-16(2)24(26(39)31-20(11-12-23(36)37)28(41)34-14-4-6-22(34)29(42)43)32-25(38)21-5-3-13-33(21)27(40)19(30)15-17-7-9-18(35)10-8-17/h7-10,16,19-22,24,35H,3-6,11-15,30H2,1-2H3,(H,31,39)(H,32,38)(H,36,37)(H,42,43)/t19-,20-,21-,22-,24+/m1/s1. The Hall–Kier alpha value is -4.20. The van der Waals surface area contributed by atoms with E-state index in [9.17, 15) is 44.1 Å². The first kappa shape index (κ1) is 33.3. The smallest absolute Gasteiger partial charge is 0.326 e. The van der Waals surface area contributed by atoms with Crippen molar-refractivity contribution in [3.05, 3.63) is 29.8 Å². The van der Waals surface area contributed by atoms with Crippen LogP contribution in [-0.2, 0) is 35.2 Å². The van der Waals surface area contributed by atoms with Gasteiger partial charge >= 0.3 is 11.9 Å². The molecule has 14 nitrogen and oxygen atoms in total. The van der Waals surface area contributed by atoms with E-state index in [4.69, 9.17) is 5.73 Å². The lowest BCUT2D eigenvalue weighted by molar-refractivity contribution is -0.150. The summed E-state index contributed by atoms with van der Waals surface area (Å²) in [5, 5.41) is 33.4. The number of carbonyl (C=O) groups excluding carboxylic acids is 4. The lowest BCUT2D eigenvalue weighted by atomic mass is 10.0. The number of carbonyl (C=O) groups is 6. The Morgan fingerprint density at radius 2 is 1.49 bits per heavy atom. The van der Waals surface area contributed by atoms with Crippen molar-refractivity contribution in [1.82, 2.24) is 20.4 Å². The van der Waals surface area contributed by atoms with Crippen molar-refractivity contribution in [2.45, 2.75) is 89.0 Å². The first-order chi connectivity index (χ1) is 20.3. The van der Waals surface area contributed by atoms with Gasteiger partial charge in [0.2, 0.25) is 23.6 Å². The number of aliphatic carboxylic acids is 2. The van der Waals surface area contributed by atoms with Crippen LogP contribution in [0.2, 0.25) is 0 Å². The van der Waals surface area contributed by atoms with Gasteiger partial charge in [0.05, 0.1) is 6.04 Å². The highest BCUT2D eigenvalue weighted by Crippen LogP contribution is 2.22. The van der Waals surface area contributed by atoms with Crippen molar-refractivity contribution in [3.63, 3.8) is 0 Å². The van der Waals surface area contributed by atoms with E-state index in [1.807, 2.05) is 0 Å². The van der Waals surface area contributed by atoms with E-state index in [1.165, 1.54) is 17.0 Å². The van der Waals surface area contributed by atoms with Gasteiger partial charge in [-0.15, -0.1) is 0 Å². The molecule has 2 aliphatic heterocycles. The van der Waals surface area contributed by atoms with Gasteiger partial charge in [-0.3, -0.25) is 24.0 Å². The minimum Gasteiger partial charge on any atom is -0.508 e. The summed E-state index contributed by atoms with van der Waals surface area (Å²) in [6, 6.07) is 1.01. The van der Waals surface area contributed by atoms with Gasteiger partial charge in [-0.2, -0.15) is 0 Å². The molecule has 14 heteroatoms. The largest absolute Gasteiger partial charge is 0.508 e. The van der Waals surface area contributed by atoms with Crippen LogP contribution in [-0.4, -0.2) is 104 Å². The van der Waals surface area contributed by atoms with E-state index in [0.29, 0.717) is 25.8 Å². The Morgan fingerprint density at radius 3 is 2.05 bits per heavy atom. The van der Waals surface area contributed by atoms with Crippen molar-refractivity contribution in [2.75, 3.05) is 13.1 Å². The number of hydrogen-bond donors (Lipinski definition) is 6. The van der Waals surface area contributed by atoms with Crippen LogP contribution < -0.4 is 16.4 Å². The minimum atomic E-state index is -1.30. The van der Waals surface area contributed by atoms with Gasteiger partial charge in [-0.1, -0.05) is 26.0 Å². The van der Waals surface area contributed by atoms with Crippen molar-refractivity contribution in [2.24, 2.45) is 11.7 Å². The molecule has 0 aliphatic carbocycles. The van der Waals surface area contributed by atoms with Crippen molar-refractivity contribution < 1.29 is 44.1 Å². The zero-order valence-corrected chi connectivity index (χ0v) is 24.4. The molecule has 236 valence electrons. The zero-order valence-electron chi connectivity index (χ0n) is 24.4. The maximum Gasteiger partial charge on any atom is 0.326 e. The topological polar surface area (TPSA) is 220 Å². The first-order valence-corrected chi connectivity index (χ1v) is 14.5. The fourth-order valence-electron chi connectivity index (χ4n) is 5.55. The third-order valence-corrected chi connectivity index (χ3v) is 7.88. The number of amides is 4. The number of hydrogen-bond acceptors (Lipinski definition) is 8. The number of rotatable bonds is 13. The summed E-state index contributed by atoms with van der Waals surface area (Å²) in [5.74, 6) is -5.13. The maximum absolute atomic E-state index is 13.4. The minimum absolute atomic E-state index is 0.0849. The number of carboxylic acids is 2. The van der Waals surface area contributed by atoms with E-state index in [1.54, 1.807) is 26.0 Å². The summed E-state index contributed by atoms with van der Waals surface area (Å²) in [6.45, 7) is 3.85. The van der Waals surface area contributed by atoms with Crippen molar-refractivity contribution in [1.29, 1.82) is 0 Å². The van der Waals surface area contributed by atoms with Crippen LogP contribution in [0.5, 0.6) is 5.75 Å². The lowest BCUT2D eigenvalue weighted by Gasteiger charge is -2.31. The highest BCUT2D eigenvalue weighted by molar-refractivity contribution is 5.96. The molecule has 3 rings (SSSR count). The second kappa shape index (κ2) is 14.8. The molecule has 7 N–H and O–H groups in total. The highest BCUT2D eigenvalue weighted by atomic mass is 16.4. The number of nitrogens with two attached hydrogens (primary N) is 1. The van der Waals surface area contributed by atoms with Gasteiger partial charge in [-0.05, 0) is 62.1 Å². The summed E-state index contributed by atoms with van der Waals surface area (Å²) < 4.78 is 0. The maximum atomic E-state index is 13.4. The van der Waals surface area contributed by atoms with Gasteiger partial charge in [-0.25, -0.2) is 4.79 Å². The van der Waals surface area contributed by atoms with Crippen LogP contribution in [0.1, 0.15) is 57.9 Å². The predicted octanol–water partition coefficient (Wildman–Crippen LogP) is -0.181. The highest BCUT2D eigenvalue weighted by Gasteiger charge is 2.40. The quantitative estimate of drug-likeness (QED) is 0.175. The Balaban J connectivity index is 1.69. The molecule has 2 fully saturated rings. The third-order valence-electron chi connectivity index (χ3n) is 7.88. The molecule has 0 radical (unpaired) electrons. The SMILES string of the molecule is CC(C)[C@H](NC(=O)[C@H]1CCCN1C(=O)[C@H](N)Cc1ccc(O)cc1)C(=O)N[C@H](CCC(=O)O)C(=O)N1CCC[C@@H]1C(=O)O. The second-order valence-corrected chi connectivity index (χ2v) is 11.4. The Labute approximate surface area is 249 Å². The van der Waals surface area contributed by atoms with E-state index in [-0.39, 0.29) is 31.6 Å². The van der Waals surface area contributed by atoms with E-state index in [0.717, 1.165) is 10.5 Å². The normalized spacial score (nSPS) is 20.4. The van der Waals surface area contributed by atoms with Crippen LogP contribution in [0.25, 0.3) is 0 Å². The average molecular weight is 604 g/mol. The molecule has 4 amide bonds. The Kier molecular flexibility index (Phi) is 11.5. The summed E-state index contributed by atoms with van der Waals surface area (Å²) in [6.07, 6.45) is 1.13. The summed E-state index contributed by atoms with van der Waals surface area (Å²) in [7, 11) is 0. The lowest BCUT2D eigenvalue weighted by Crippen LogP contribution is -2.59. The third kappa shape index (κ3) is 8.66. The number of likely N-dealkylation sites (tertiary alicyclic amines) is 2. The number of carboxylic acid groups (broad SMARTS) is 2. The molecular formula is C29H41N5O9. The molecule has 5 atom stereocenters. The molecule has 43 heavy (non-hydrogen) atoms. The zero-order chi connectivity index (χ0) is 31.8. The van der Waals surface area contributed by atoms with Crippen LogP contribution >= 0.6 is 0 Å². The first-order valence-electron chi connectivity index (χ1n) is 14.5. The van der Waals surface area contributed by atoms with Crippen molar-refractivity contribution >= 4 is 35.6 Å². The predicted molar refractivity (Wildman–Crippen MR) is 152 cm³/mol. The molecule has 2 aliphatic rings. The number of benzene rings is 1. The Morgan fingerprint density at radius 1 is 0.907 bits per heavy atom. The number of phenols is 1. The van der Waals surface area contributed by atoms with Crippen LogP contribution in [0, 0.1) is 5.92 Å². The van der Waals surface area contributed by atoms with Crippen LogP contribution in [0.15, 0.2) is 24.3 Å². The fraction of sp³-hybridized carbons (Fsp3) is 0.586. The van der Waals surface area contributed by atoms with Gasteiger partial charge < -0.3 is 41.5 Å². The summed E-state index contributed by atoms with van der Waals surface area (Å²) in [4.78, 5) is 78.7. The second-order valence-electron chi connectivity index (χ2n) is 11.4. The van der Waals surface area contributed by atoms with Crippen LogP contribution in [0.4, 0.5) is 0 Å². The monoisotopic (exact) mass is 603 g/mol. The van der Waals surface area contributed by atoms with Crippen LogP contribution in [0.3, 0.4) is 0 Å². The molecule has 1 aromatic carbocycles. The number of aromatic hydroxyl groups is 1. The van der Waals surface area contributed by atoms with Gasteiger partial charge in [0.15, 0.2) is 0 Å². The number of nitrogens with one attached hydrogen (secondary N) is 2. The molecule has 0 spiro atoms.